The van der Waals surface area contributed by atoms with Crippen LogP contribution in [0.1, 0.15) is 43.0 Å². The maximum absolute atomic E-state index is 12.8. The third kappa shape index (κ3) is 5.55. The fourth-order valence-electron chi connectivity index (χ4n) is 3.72. The number of rotatable bonds is 7. The Morgan fingerprint density at radius 1 is 1.21 bits per heavy atom. The molecule has 160 valence electrons. The minimum atomic E-state index is -3.32. The monoisotopic (exact) mass is 423 g/mol. The molecule has 0 unspecified atom stereocenters. The van der Waals surface area contributed by atoms with Gasteiger partial charge in [0.25, 0.3) is 5.91 Å². The minimum absolute atomic E-state index is 0.0229. The second-order valence-electron chi connectivity index (χ2n) is 7.48. The number of carbonyl (C=O) groups is 2. The molecule has 2 N–H and O–H groups in total. The number of hydrogen-bond acceptors (Lipinski definition) is 5. The van der Waals surface area contributed by atoms with Gasteiger partial charge in [-0.3, -0.25) is 9.59 Å². The lowest BCUT2D eigenvalue weighted by Gasteiger charge is -2.31. The van der Waals surface area contributed by atoms with Crippen LogP contribution in [0, 0.1) is 5.92 Å². The van der Waals surface area contributed by atoms with Gasteiger partial charge in [0.2, 0.25) is 15.9 Å². The summed E-state index contributed by atoms with van der Waals surface area (Å²) in [6.45, 7) is 3.38. The van der Waals surface area contributed by atoms with Crippen LogP contribution in [0.3, 0.4) is 0 Å². The summed E-state index contributed by atoms with van der Waals surface area (Å²) in [5.41, 5.74) is 0.811. The van der Waals surface area contributed by atoms with Crippen molar-refractivity contribution in [1.82, 2.24) is 9.62 Å². The highest BCUT2D eigenvalue weighted by Crippen LogP contribution is 2.23. The zero-order valence-corrected chi connectivity index (χ0v) is 17.5. The van der Waals surface area contributed by atoms with Crippen LogP contribution in [0.15, 0.2) is 24.3 Å². The van der Waals surface area contributed by atoms with Crippen molar-refractivity contribution in [2.24, 2.45) is 5.92 Å². The summed E-state index contributed by atoms with van der Waals surface area (Å²) < 4.78 is 31.2. The molecule has 8 nitrogen and oxygen atoms in total. The van der Waals surface area contributed by atoms with Crippen LogP contribution in [0.25, 0.3) is 0 Å². The van der Waals surface area contributed by atoms with E-state index in [4.69, 9.17) is 4.74 Å². The largest absolute Gasteiger partial charge is 0.376 e. The predicted octanol–water partition coefficient (Wildman–Crippen LogP) is 1.60. The van der Waals surface area contributed by atoms with E-state index in [1.165, 1.54) is 4.31 Å². The van der Waals surface area contributed by atoms with Gasteiger partial charge in [0, 0.05) is 26.2 Å². The molecule has 1 aromatic rings. The summed E-state index contributed by atoms with van der Waals surface area (Å²) in [6, 6.07) is 6.84. The summed E-state index contributed by atoms with van der Waals surface area (Å²) in [7, 11) is -3.32. The molecule has 2 amide bonds. The SMILES string of the molecule is CCS(=O)(=O)N1CCC[C@@H](C(=O)Nc2ccccc2C(=O)NC[C@@H]2CCCO2)C1. The summed E-state index contributed by atoms with van der Waals surface area (Å²) in [5.74, 6) is -0.946. The van der Waals surface area contributed by atoms with Crippen molar-refractivity contribution in [2.75, 3.05) is 37.3 Å². The molecule has 2 aliphatic rings. The molecule has 3 rings (SSSR count). The van der Waals surface area contributed by atoms with Crippen molar-refractivity contribution in [3.63, 3.8) is 0 Å². The molecule has 0 aliphatic carbocycles. The van der Waals surface area contributed by atoms with Crippen LogP contribution in [0.4, 0.5) is 5.69 Å². The first-order valence-corrected chi connectivity index (χ1v) is 11.8. The lowest BCUT2D eigenvalue weighted by molar-refractivity contribution is -0.120. The Labute approximate surface area is 172 Å². The van der Waals surface area contributed by atoms with Crippen molar-refractivity contribution >= 4 is 27.5 Å². The molecule has 0 aromatic heterocycles. The van der Waals surface area contributed by atoms with Gasteiger partial charge in [-0.25, -0.2) is 12.7 Å². The molecule has 2 aliphatic heterocycles. The van der Waals surface area contributed by atoms with Gasteiger partial charge in [-0.2, -0.15) is 0 Å². The Bertz CT molecular complexity index is 836. The lowest BCUT2D eigenvalue weighted by Crippen LogP contribution is -2.44. The minimum Gasteiger partial charge on any atom is -0.376 e. The molecular weight excluding hydrogens is 394 g/mol. The number of anilines is 1. The number of nitrogens with one attached hydrogen (secondary N) is 2. The summed E-state index contributed by atoms with van der Waals surface area (Å²) >= 11 is 0. The van der Waals surface area contributed by atoms with Crippen molar-refractivity contribution in [1.29, 1.82) is 0 Å². The van der Waals surface area contributed by atoms with Crippen LogP contribution >= 0.6 is 0 Å². The predicted molar refractivity (Wildman–Crippen MR) is 110 cm³/mol. The van der Waals surface area contributed by atoms with Gasteiger partial charge in [-0.05, 0) is 44.7 Å². The van der Waals surface area contributed by atoms with E-state index in [0.29, 0.717) is 37.2 Å². The van der Waals surface area contributed by atoms with Crippen LogP contribution in [-0.4, -0.2) is 62.6 Å². The molecule has 2 atom stereocenters. The van der Waals surface area contributed by atoms with Crippen molar-refractivity contribution < 1.29 is 22.7 Å². The Kier molecular flexibility index (Phi) is 7.26. The van der Waals surface area contributed by atoms with E-state index in [-0.39, 0.29) is 30.2 Å². The molecule has 2 heterocycles. The van der Waals surface area contributed by atoms with Crippen molar-refractivity contribution in [3.8, 4) is 0 Å². The third-order valence-electron chi connectivity index (χ3n) is 5.46. The maximum Gasteiger partial charge on any atom is 0.253 e. The average Bonchev–Trinajstić information content (AvgIpc) is 3.26. The second kappa shape index (κ2) is 9.69. The van der Waals surface area contributed by atoms with Gasteiger partial charge in [-0.1, -0.05) is 12.1 Å². The number of hydrogen-bond donors (Lipinski definition) is 2. The summed E-state index contributed by atoms with van der Waals surface area (Å²) in [6.07, 6.45) is 3.22. The van der Waals surface area contributed by atoms with Gasteiger partial charge >= 0.3 is 0 Å². The number of ether oxygens (including phenoxy) is 1. The third-order valence-corrected chi connectivity index (χ3v) is 7.30. The van der Waals surface area contributed by atoms with E-state index in [0.717, 1.165) is 19.4 Å². The number of benzene rings is 1. The van der Waals surface area contributed by atoms with Gasteiger partial charge < -0.3 is 15.4 Å². The maximum atomic E-state index is 12.8. The molecule has 0 saturated carbocycles. The Hall–Kier alpha value is -1.97. The Morgan fingerprint density at radius 3 is 2.72 bits per heavy atom. The number of nitrogens with zero attached hydrogens (tertiary/aromatic N) is 1. The number of sulfonamides is 1. The van der Waals surface area contributed by atoms with E-state index in [1.807, 2.05) is 0 Å². The van der Waals surface area contributed by atoms with E-state index < -0.39 is 15.9 Å². The number of piperidine rings is 1. The zero-order valence-electron chi connectivity index (χ0n) is 16.7. The lowest BCUT2D eigenvalue weighted by atomic mass is 9.98. The first-order chi connectivity index (χ1) is 13.9. The highest BCUT2D eigenvalue weighted by Gasteiger charge is 2.31. The van der Waals surface area contributed by atoms with E-state index in [1.54, 1.807) is 31.2 Å². The van der Waals surface area contributed by atoms with Gasteiger partial charge in [0.15, 0.2) is 0 Å². The molecule has 0 spiro atoms. The fourth-order valence-corrected chi connectivity index (χ4v) is 4.90. The molecular formula is C20H29N3O5S. The van der Waals surface area contributed by atoms with E-state index >= 15 is 0 Å². The number of carbonyl (C=O) groups excluding carboxylic acids is 2. The standard InChI is InChI=1S/C20H29N3O5S/c1-2-29(26,27)23-11-5-7-15(14-23)19(24)22-18-10-4-3-9-17(18)20(25)21-13-16-8-6-12-28-16/h3-4,9-10,15-16H,2,5-8,11-14H2,1H3,(H,21,25)(H,22,24)/t15-,16+/m1/s1. The molecule has 29 heavy (non-hydrogen) atoms. The zero-order chi connectivity index (χ0) is 20.9. The molecule has 9 heteroatoms. The summed E-state index contributed by atoms with van der Waals surface area (Å²) in [5, 5.41) is 5.69. The number of para-hydroxylation sites is 1. The first-order valence-electron chi connectivity index (χ1n) is 10.2. The first kappa shape index (κ1) is 21.7. The van der Waals surface area contributed by atoms with E-state index in [9.17, 15) is 18.0 Å². The number of amides is 2. The molecule has 2 saturated heterocycles. The topological polar surface area (TPSA) is 105 Å². The quantitative estimate of drug-likeness (QED) is 0.693. The molecule has 2 fully saturated rings. The van der Waals surface area contributed by atoms with Crippen LogP contribution in [-0.2, 0) is 19.6 Å². The van der Waals surface area contributed by atoms with Crippen LogP contribution in [0.2, 0.25) is 0 Å². The van der Waals surface area contributed by atoms with Crippen molar-refractivity contribution in [2.45, 2.75) is 38.7 Å². The Morgan fingerprint density at radius 2 is 2.00 bits per heavy atom. The van der Waals surface area contributed by atoms with Crippen molar-refractivity contribution in [3.05, 3.63) is 29.8 Å². The highest BCUT2D eigenvalue weighted by molar-refractivity contribution is 7.89. The Balaban J connectivity index is 1.63. The van der Waals surface area contributed by atoms with Crippen LogP contribution in [0.5, 0.6) is 0 Å². The normalized spacial score (nSPS) is 22.9. The van der Waals surface area contributed by atoms with Gasteiger partial charge in [0.05, 0.1) is 29.0 Å². The second-order valence-corrected chi connectivity index (χ2v) is 9.74. The molecule has 0 radical (unpaired) electrons. The summed E-state index contributed by atoms with van der Waals surface area (Å²) in [4.78, 5) is 25.4. The van der Waals surface area contributed by atoms with Gasteiger partial charge in [-0.15, -0.1) is 0 Å². The van der Waals surface area contributed by atoms with E-state index in [2.05, 4.69) is 10.6 Å². The molecule has 1 aromatic carbocycles. The molecule has 0 bridgehead atoms. The highest BCUT2D eigenvalue weighted by atomic mass is 32.2. The smallest absolute Gasteiger partial charge is 0.253 e. The van der Waals surface area contributed by atoms with Crippen LogP contribution < -0.4 is 10.6 Å². The fraction of sp³-hybridized carbons (Fsp3) is 0.600. The average molecular weight is 424 g/mol. The van der Waals surface area contributed by atoms with Gasteiger partial charge in [0.1, 0.15) is 0 Å².